The van der Waals surface area contributed by atoms with E-state index < -0.39 is 6.10 Å². The van der Waals surface area contributed by atoms with Crippen molar-refractivity contribution < 1.29 is 13.9 Å². The number of aromatic nitrogens is 2. The highest BCUT2D eigenvalue weighted by molar-refractivity contribution is 5.89. The third-order valence-corrected chi connectivity index (χ3v) is 4.83. The first-order valence-electron chi connectivity index (χ1n) is 9.29. The molecule has 7 nitrogen and oxygen atoms in total. The number of hydrogen-bond acceptors (Lipinski definition) is 5. The molecule has 3 aromatic rings. The highest BCUT2D eigenvalue weighted by Gasteiger charge is 2.19. The lowest BCUT2D eigenvalue weighted by Crippen LogP contribution is -2.36. The molecule has 7 heteroatoms. The lowest BCUT2D eigenvalue weighted by atomic mass is 10.0. The Balaban J connectivity index is 1.80. The third-order valence-electron chi connectivity index (χ3n) is 4.83. The van der Waals surface area contributed by atoms with Crippen LogP contribution in [0.4, 0.5) is 0 Å². The van der Waals surface area contributed by atoms with Crippen molar-refractivity contribution in [3.63, 3.8) is 0 Å². The number of nitrogens with zero attached hydrogens (tertiary/aromatic N) is 2. The summed E-state index contributed by atoms with van der Waals surface area (Å²) in [6.07, 6.45) is 2.91. The van der Waals surface area contributed by atoms with E-state index in [9.17, 15) is 9.59 Å². The molecule has 0 saturated heterocycles. The average Bonchev–Trinajstić information content (AvgIpc) is 3.11. The van der Waals surface area contributed by atoms with E-state index in [4.69, 9.17) is 9.15 Å². The van der Waals surface area contributed by atoms with Crippen molar-refractivity contribution in [2.75, 3.05) is 0 Å². The van der Waals surface area contributed by atoms with Crippen LogP contribution in [-0.2, 0) is 17.9 Å². The van der Waals surface area contributed by atoms with Gasteiger partial charge in [-0.25, -0.2) is 9.78 Å². The van der Waals surface area contributed by atoms with Crippen molar-refractivity contribution in [1.82, 2.24) is 14.9 Å². The van der Waals surface area contributed by atoms with E-state index in [1.807, 2.05) is 37.6 Å². The van der Waals surface area contributed by atoms with E-state index in [1.54, 1.807) is 26.2 Å². The molecule has 0 fully saturated rings. The summed E-state index contributed by atoms with van der Waals surface area (Å²) in [5.74, 6) is 0.282. The summed E-state index contributed by atoms with van der Waals surface area (Å²) in [6.45, 7) is 10.3. The van der Waals surface area contributed by atoms with E-state index in [2.05, 4.69) is 10.3 Å². The van der Waals surface area contributed by atoms with Crippen molar-refractivity contribution >= 4 is 16.9 Å². The van der Waals surface area contributed by atoms with E-state index >= 15 is 0 Å². The standard InChI is InChI=1S/C21H25N3O4/c1-6-24-10-16(23-11-24)9-22-20(25)15(5)27-17-7-12(2)8-18-19(17)13(3)14(4)21(26)28-18/h7-8,10-11,15H,6,9H2,1-5H3,(H,22,25). The first-order valence-corrected chi connectivity index (χ1v) is 9.29. The normalized spacial score (nSPS) is 12.2. The van der Waals surface area contributed by atoms with Crippen LogP contribution in [0.5, 0.6) is 5.75 Å². The molecule has 1 unspecified atom stereocenters. The molecule has 1 N–H and O–H groups in total. The van der Waals surface area contributed by atoms with Gasteiger partial charge in [0.25, 0.3) is 5.91 Å². The van der Waals surface area contributed by atoms with Gasteiger partial charge >= 0.3 is 5.63 Å². The summed E-state index contributed by atoms with van der Waals surface area (Å²) in [4.78, 5) is 28.7. The highest BCUT2D eigenvalue weighted by Crippen LogP contribution is 2.31. The first kappa shape index (κ1) is 19.7. The Kier molecular flexibility index (Phi) is 5.53. The van der Waals surface area contributed by atoms with Gasteiger partial charge in [0, 0.05) is 18.3 Å². The SMILES string of the molecule is CCn1cnc(CNC(=O)C(C)Oc2cc(C)cc3oc(=O)c(C)c(C)c23)c1. The van der Waals surface area contributed by atoms with Gasteiger partial charge < -0.3 is 19.0 Å². The van der Waals surface area contributed by atoms with Crippen molar-refractivity contribution in [1.29, 1.82) is 0 Å². The van der Waals surface area contributed by atoms with Crippen LogP contribution in [0.3, 0.4) is 0 Å². The minimum absolute atomic E-state index is 0.243. The number of nitrogens with one attached hydrogen (secondary N) is 1. The Morgan fingerprint density at radius 2 is 2.04 bits per heavy atom. The molecular formula is C21H25N3O4. The quantitative estimate of drug-likeness (QED) is 0.661. The van der Waals surface area contributed by atoms with Crippen LogP contribution in [0.2, 0.25) is 0 Å². The van der Waals surface area contributed by atoms with Gasteiger partial charge in [-0.3, -0.25) is 4.79 Å². The summed E-state index contributed by atoms with van der Waals surface area (Å²) in [5.41, 5.74) is 3.09. The lowest BCUT2D eigenvalue weighted by Gasteiger charge is -2.17. The summed E-state index contributed by atoms with van der Waals surface area (Å²) in [6, 6.07) is 3.65. The zero-order valence-electron chi connectivity index (χ0n) is 16.8. The van der Waals surface area contributed by atoms with Gasteiger partial charge in [0.2, 0.25) is 0 Å². The number of imidazole rings is 1. The van der Waals surface area contributed by atoms with Gasteiger partial charge in [0.1, 0.15) is 11.3 Å². The maximum Gasteiger partial charge on any atom is 0.339 e. The number of aryl methyl sites for hydroxylation is 3. The van der Waals surface area contributed by atoms with Crippen molar-refractivity contribution in [2.24, 2.45) is 0 Å². The molecule has 1 aromatic carbocycles. The second-order valence-corrected chi connectivity index (χ2v) is 6.95. The van der Waals surface area contributed by atoms with Crippen molar-refractivity contribution in [2.45, 2.75) is 53.8 Å². The molecule has 1 amide bonds. The smallest absolute Gasteiger partial charge is 0.339 e. The van der Waals surface area contributed by atoms with Crippen LogP contribution in [0.1, 0.15) is 36.2 Å². The number of rotatable bonds is 6. The molecule has 0 saturated carbocycles. The summed E-state index contributed by atoms with van der Waals surface area (Å²) in [5, 5.41) is 3.55. The maximum absolute atomic E-state index is 12.5. The number of benzene rings is 1. The molecule has 0 radical (unpaired) electrons. The zero-order valence-corrected chi connectivity index (χ0v) is 16.8. The van der Waals surface area contributed by atoms with Gasteiger partial charge in [-0.1, -0.05) is 0 Å². The molecule has 2 aromatic heterocycles. The summed E-state index contributed by atoms with van der Waals surface area (Å²) < 4.78 is 13.3. The Hall–Kier alpha value is -3.09. The van der Waals surface area contributed by atoms with Crippen LogP contribution in [0, 0.1) is 20.8 Å². The predicted molar refractivity (Wildman–Crippen MR) is 107 cm³/mol. The molecule has 0 spiro atoms. The third kappa shape index (κ3) is 3.93. The van der Waals surface area contributed by atoms with E-state index in [0.29, 0.717) is 28.8 Å². The summed E-state index contributed by atoms with van der Waals surface area (Å²) in [7, 11) is 0. The number of carbonyl (C=O) groups excluding carboxylic acids is 1. The van der Waals surface area contributed by atoms with Crippen LogP contribution in [-0.4, -0.2) is 21.6 Å². The van der Waals surface area contributed by atoms with Crippen LogP contribution in [0.25, 0.3) is 11.0 Å². The van der Waals surface area contributed by atoms with E-state index in [-0.39, 0.29) is 11.5 Å². The predicted octanol–water partition coefficient (Wildman–Crippen LogP) is 3.02. The fourth-order valence-electron chi connectivity index (χ4n) is 3.02. The second kappa shape index (κ2) is 7.88. The van der Waals surface area contributed by atoms with Crippen LogP contribution < -0.4 is 15.7 Å². The monoisotopic (exact) mass is 383 g/mol. The number of ether oxygens (including phenoxy) is 1. The van der Waals surface area contributed by atoms with E-state index in [0.717, 1.165) is 23.4 Å². The maximum atomic E-state index is 12.5. The van der Waals surface area contributed by atoms with E-state index in [1.165, 1.54) is 0 Å². The van der Waals surface area contributed by atoms with Crippen LogP contribution >= 0.6 is 0 Å². The minimum Gasteiger partial charge on any atom is -0.480 e. The van der Waals surface area contributed by atoms with Crippen molar-refractivity contribution in [3.05, 3.63) is 57.5 Å². The molecule has 0 bridgehead atoms. The highest BCUT2D eigenvalue weighted by atomic mass is 16.5. The number of amides is 1. The Morgan fingerprint density at radius 3 is 2.71 bits per heavy atom. The molecular weight excluding hydrogens is 358 g/mol. The Morgan fingerprint density at radius 1 is 1.29 bits per heavy atom. The molecule has 1 atom stereocenters. The first-order chi connectivity index (χ1) is 13.3. The fraction of sp³-hybridized carbons (Fsp3) is 0.381. The Bertz CT molecular complexity index is 1080. The second-order valence-electron chi connectivity index (χ2n) is 6.95. The van der Waals surface area contributed by atoms with Gasteiger partial charge in [0.15, 0.2) is 6.10 Å². The number of hydrogen-bond donors (Lipinski definition) is 1. The molecule has 0 aliphatic heterocycles. The molecule has 0 aliphatic rings. The van der Waals surface area contributed by atoms with Crippen LogP contribution in [0.15, 0.2) is 33.9 Å². The fourth-order valence-corrected chi connectivity index (χ4v) is 3.02. The molecule has 28 heavy (non-hydrogen) atoms. The van der Waals surface area contributed by atoms with Crippen molar-refractivity contribution in [3.8, 4) is 5.75 Å². The zero-order chi connectivity index (χ0) is 20.4. The Labute approximate surface area is 163 Å². The molecule has 0 aliphatic carbocycles. The van der Waals surface area contributed by atoms with Gasteiger partial charge in [-0.05, 0) is 57.9 Å². The van der Waals surface area contributed by atoms with Gasteiger partial charge in [-0.15, -0.1) is 0 Å². The average molecular weight is 383 g/mol. The number of fused-ring (bicyclic) bond motifs is 1. The molecule has 3 rings (SSSR count). The lowest BCUT2D eigenvalue weighted by molar-refractivity contribution is -0.127. The molecule has 148 valence electrons. The number of carbonyl (C=O) groups is 1. The molecule has 2 heterocycles. The largest absolute Gasteiger partial charge is 0.480 e. The van der Waals surface area contributed by atoms with Gasteiger partial charge in [-0.2, -0.15) is 0 Å². The van der Waals surface area contributed by atoms with Gasteiger partial charge in [0.05, 0.1) is 24.0 Å². The summed E-state index contributed by atoms with van der Waals surface area (Å²) >= 11 is 0. The topological polar surface area (TPSA) is 86.4 Å². The minimum atomic E-state index is -0.718.